The quantitative estimate of drug-likeness (QED) is 0.775. The van der Waals surface area contributed by atoms with E-state index in [0.717, 1.165) is 16.9 Å². The number of halogens is 1. The fraction of sp³-hybridized carbons (Fsp3) is 0.278. The van der Waals surface area contributed by atoms with E-state index < -0.39 is 0 Å². The first-order valence-corrected chi connectivity index (χ1v) is 7.33. The summed E-state index contributed by atoms with van der Waals surface area (Å²) >= 11 is 5.87. The van der Waals surface area contributed by atoms with Crippen molar-refractivity contribution in [3.63, 3.8) is 0 Å². The molecule has 0 aliphatic heterocycles. The fourth-order valence-corrected chi connectivity index (χ4v) is 2.28. The summed E-state index contributed by atoms with van der Waals surface area (Å²) in [5.74, 6) is 0.718. The minimum absolute atomic E-state index is 0.174. The molecule has 0 bridgehead atoms. The maximum Gasteiger partial charge on any atom is 0.122 e. The van der Waals surface area contributed by atoms with Gasteiger partial charge in [-0.15, -0.1) is 0 Å². The number of nitriles is 1. The van der Waals surface area contributed by atoms with Gasteiger partial charge in [0.15, 0.2) is 0 Å². The van der Waals surface area contributed by atoms with Crippen LogP contribution in [0.25, 0.3) is 0 Å². The summed E-state index contributed by atoms with van der Waals surface area (Å²) in [6.45, 7) is 4.58. The van der Waals surface area contributed by atoms with Crippen LogP contribution in [0.2, 0.25) is 5.02 Å². The maximum absolute atomic E-state index is 9.31. The predicted molar refractivity (Wildman–Crippen MR) is 85.8 cm³/mol. The fourth-order valence-electron chi connectivity index (χ4n) is 2.15. The molecule has 0 aliphatic rings. The molecule has 3 heteroatoms. The summed E-state index contributed by atoms with van der Waals surface area (Å²) in [6.07, 6.45) is 0.658. The lowest BCUT2D eigenvalue weighted by Gasteiger charge is -2.13. The summed E-state index contributed by atoms with van der Waals surface area (Å²) in [5, 5.41) is 9.99. The van der Waals surface area contributed by atoms with Crippen LogP contribution in [0.5, 0.6) is 5.75 Å². The molecule has 0 aliphatic carbocycles. The molecule has 1 unspecified atom stereocenters. The Balaban J connectivity index is 1.96. The third kappa shape index (κ3) is 4.24. The molecule has 2 nitrogen and oxygen atoms in total. The minimum atomic E-state index is -0.174. The second-order valence-corrected chi connectivity index (χ2v) is 5.58. The van der Waals surface area contributed by atoms with Crippen molar-refractivity contribution in [1.82, 2.24) is 0 Å². The summed E-state index contributed by atoms with van der Waals surface area (Å²) in [4.78, 5) is 0. The monoisotopic (exact) mass is 299 g/mol. The summed E-state index contributed by atoms with van der Waals surface area (Å²) in [6, 6.07) is 15.9. The van der Waals surface area contributed by atoms with Gasteiger partial charge in [-0.1, -0.05) is 35.9 Å². The van der Waals surface area contributed by atoms with Gasteiger partial charge >= 0.3 is 0 Å². The van der Waals surface area contributed by atoms with Crippen LogP contribution in [0.15, 0.2) is 42.5 Å². The molecular weight excluding hydrogens is 282 g/mol. The van der Waals surface area contributed by atoms with Gasteiger partial charge in [0.25, 0.3) is 0 Å². The lowest BCUT2D eigenvalue weighted by Crippen LogP contribution is -2.05. The van der Waals surface area contributed by atoms with Crippen molar-refractivity contribution in [2.75, 3.05) is 6.61 Å². The number of aryl methyl sites for hydroxylation is 2. The van der Waals surface area contributed by atoms with Crippen LogP contribution in [0.4, 0.5) is 0 Å². The Morgan fingerprint density at radius 1 is 1.14 bits per heavy atom. The lowest BCUT2D eigenvalue weighted by molar-refractivity contribution is 0.304. The van der Waals surface area contributed by atoms with E-state index in [-0.39, 0.29) is 5.92 Å². The first-order chi connectivity index (χ1) is 10.1. The van der Waals surface area contributed by atoms with Crippen molar-refractivity contribution in [3.05, 3.63) is 64.2 Å². The zero-order valence-electron chi connectivity index (χ0n) is 12.3. The standard InChI is InChI=1S/C18H18ClNO/c1-13-3-4-14(2)18(11-13)21-10-9-16(12-20)15-5-7-17(19)8-6-15/h3-8,11,16H,9-10H2,1-2H3. The lowest BCUT2D eigenvalue weighted by atomic mass is 9.98. The predicted octanol–water partition coefficient (Wildman–Crippen LogP) is 5.03. The van der Waals surface area contributed by atoms with Crippen molar-refractivity contribution in [2.45, 2.75) is 26.2 Å². The van der Waals surface area contributed by atoms with E-state index in [0.29, 0.717) is 18.1 Å². The highest BCUT2D eigenvalue weighted by molar-refractivity contribution is 6.30. The largest absolute Gasteiger partial charge is 0.493 e. The molecule has 2 aromatic carbocycles. The Labute approximate surface area is 130 Å². The third-order valence-electron chi connectivity index (χ3n) is 3.44. The van der Waals surface area contributed by atoms with Gasteiger partial charge in [0.2, 0.25) is 0 Å². The molecule has 0 saturated carbocycles. The Bertz CT molecular complexity index is 643. The van der Waals surface area contributed by atoms with E-state index in [9.17, 15) is 5.26 Å². The Morgan fingerprint density at radius 3 is 2.52 bits per heavy atom. The van der Waals surface area contributed by atoms with Gasteiger partial charge < -0.3 is 4.74 Å². The molecule has 0 heterocycles. The first kappa shape index (κ1) is 15.4. The molecule has 0 saturated heterocycles. The van der Waals surface area contributed by atoms with Crippen molar-refractivity contribution in [1.29, 1.82) is 5.26 Å². The zero-order chi connectivity index (χ0) is 15.2. The van der Waals surface area contributed by atoms with Gasteiger partial charge in [-0.25, -0.2) is 0 Å². The molecule has 0 N–H and O–H groups in total. The molecule has 0 amide bonds. The number of benzene rings is 2. The summed E-state index contributed by atoms with van der Waals surface area (Å²) < 4.78 is 5.82. The summed E-state index contributed by atoms with van der Waals surface area (Å²) in [7, 11) is 0. The van der Waals surface area contributed by atoms with Crippen molar-refractivity contribution < 1.29 is 4.74 Å². The number of nitrogens with zero attached hydrogens (tertiary/aromatic N) is 1. The molecular formula is C18H18ClNO. The van der Waals surface area contributed by atoms with Crippen LogP contribution in [0.3, 0.4) is 0 Å². The number of rotatable bonds is 5. The molecule has 108 valence electrons. The van der Waals surface area contributed by atoms with Crippen molar-refractivity contribution in [2.24, 2.45) is 0 Å². The van der Waals surface area contributed by atoms with Crippen molar-refractivity contribution in [3.8, 4) is 11.8 Å². The first-order valence-electron chi connectivity index (χ1n) is 6.95. The minimum Gasteiger partial charge on any atom is -0.493 e. The van der Waals surface area contributed by atoms with Crippen LogP contribution in [0.1, 0.15) is 29.0 Å². The molecule has 1 atom stereocenters. The van der Waals surface area contributed by atoms with E-state index in [2.05, 4.69) is 12.1 Å². The van der Waals surface area contributed by atoms with Crippen LogP contribution in [-0.2, 0) is 0 Å². The van der Waals surface area contributed by atoms with Gasteiger partial charge in [-0.05, 0) is 48.7 Å². The maximum atomic E-state index is 9.31. The Morgan fingerprint density at radius 2 is 1.86 bits per heavy atom. The zero-order valence-corrected chi connectivity index (χ0v) is 13.0. The second-order valence-electron chi connectivity index (χ2n) is 5.14. The van der Waals surface area contributed by atoms with E-state index in [1.54, 1.807) is 0 Å². The molecule has 21 heavy (non-hydrogen) atoms. The van der Waals surface area contributed by atoms with Gasteiger partial charge in [0, 0.05) is 11.4 Å². The van der Waals surface area contributed by atoms with Gasteiger partial charge in [-0.3, -0.25) is 0 Å². The summed E-state index contributed by atoms with van der Waals surface area (Å²) in [5.41, 5.74) is 3.26. The molecule has 2 aromatic rings. The van der Waals surface area contributed by atoms with Crippen LogP contribution >= 0.6 is 11.6 Å². The van der Waals surface area contributed by atoms with E-state index >= 15 is 0 Å². The number of ether oxygens (including phenoxy) is 1. The van der Waals surface area contributed by atoms with Gasteiger partial charge in [0.05, 0.1) is 18.6 Å². The highest BCUT2D eigenvalue weighted by Gasteiger charge is 2.11. The SMILES string of the molecule is Cc1ccc(C)c(OCCC(C#N)c2ccc(Cl)cc2)c1. The van der Waals surface area contributed by atoms with Crippen molar-refractivity contribution >= 4 is 11.6 Å². The third-order valence-corrected chi connectivity index (χ3v) is 3.69. The van der Waals surface area contributed by atoms with Crippen LogP contribution < -0.4 is 4.74 Å². The molecule has 0 fully saturated rings. The normalized spacial score (nSPS) is 11.7. The molecule has 0 aromatic heterocycles. The highest BCUT2D eigenvalue weighted by Crippen LogP contribution is 2.23. The average Bonchev–Trinajstić information content (AvgIpc) is 2.48. The topological polar surface area (TPSA) is 33.0 Å². The Hall–Kier alpha value is -1.98. The van der Waals surface area contributed by atoms with Crippen LogP contribution in [-0.4, -0.2) is 6.61 Å². The highest BCUT2D eigenvalue weighted by atomic mass is 35.5. The smallest absolute Gasteiger partial charge is 0.122 e. The average molecular weight is 300 g/mol. The number of hydrogen-bond donors (Lipinski definition) is 0. The molecule has 2 rings (SSSR count). The van der Waals surface area contributed by atoms with Crippen LogP contribution in [0, 0.1) is 25.2 Å². The molecule has 0 spiro atoms. The molecule has 0 radical (unpaired) electrons. The van der Waals surface area contributed by atoms with Gasteiger partial charge in [0.1, 0.15) is 5.75 Å². The van der Waals surface area contributed by atoms with E-state index in [1.165, 1.54) is 5.56 Å². The van der Waals surface area contributed by atoms with E-state index in [4.69, 9.17) is 16.3 Å². The number of hydrogen-bond acceptors (Lipinski definition) is 2. The van der Waals surface area contributed by atoms with Gasteiger partial charge in [-0.2, -0.15) is 5.26 Å². The second kappa shape index (κ2) is 7.15. The Kier molecular flexibility index (Phi) is 5.25. The van der Waals surface area contributed by atoms with E-state index in [1.807, 2.05) is 50.2 Å².